The Labute approximate surface area is 163 Å². The van der Waals surface area contributed by atoms with Crippen LogP contribution in [0.2, 0.25) is 0 Å². The normalized spacial score (nSPS) is 16.2. The number of carbonyl (C=O) groups is 1. The molecule has 0 saturated carbocycles. The number of aromatic amines is 1. The third-order valence-electron chi connectivity index (χ3n) is 5.02. The second-order valence-corrected chi connectivity index (χ2v) is 6.81. The van der Waals surface area contributed by atoms with Gasteiger partial charge in [-0.25, -0.2) is 4.98 Å². The second kappa shape index (κ2) is 8.02. The van der Waals surface area contributed by atoms with E-state index in [2.05, 4.69) is 9.97 Å². The van der Waals surface area contributed by atoms with E-state index in [4.69, 9.17) is 9.47 Å². The minimum Gasteiger partial charge on any atom is -0.494 e. The minimum absolute atomic E-state index is 0.0473. The lowest BCUT2D eigenvalue weighted by Gasteiger charge is -2.27. The predicted octanol–water partition coefficient (Wildman–Crippen LogP) is 1.14. The fraction of sp³-hybridized carbons (Fsp3) is 0.450. The smallest absolute Gasteiger partial charge is 0.252 e. The van der Waals surface area contributed by atoms with E-state index in [1.165, 1.54) is 6.07 Å². The summed E-state index contributed by atoms with van der Waals surface area (Å²) in [6.07, 6.45) is 0.806. The van der Waals surface area contributed by atoms with Crippen LogP contribution in [0.15, 0.2) is 29.1 Å². The van der Waals surface area contributed by atoms with Gasteiger partial charge in [0, 0.05) is 31.3 Å². The van der Waals surface area contributed by atoms with Crippen molar-refractivity contribution in [2.24, 2.45) is 0 Å². The van der Waals surface area contributed by atoms with Gasteiger partial charge in [-0.3, -0.25) is 9.59 Å². The minimum atomic E-state index is -0.250. The molecule has 3 heterocycles. The molecule has 28 heavy (non-hydrogen) atoms. The number of morpholine rings is 1. The standard InChI is InChI=1S/C20H24N4O4/c1-2-28-16-5-3-4-15-14(16)6-7-24(15)20(26)12-17-21-18(13-19(25)22-17)23-8-10-27-11-9-23/h3-5,13H,2,6-12H2,1H3,(H,21,22,25). The van der Waals surface area contributed by atoms with E-state index in [1.54, 1.807) is 4.90 Å². The molecule has 148 valence electrons. The van der Waals surface area contributed by atoms with Crippen LogP contribution in [0.4, 0.5) is 11.5 Å². The zero-order chi connectivity index (χ0) is 19.5. The molecule has 0 bridgehead atoms. The van der Waals surface area contributed by atoms with Crippen molar-refractivity contribution in [3.8, 4) is 5.75 Å². The average molecular weight is 384 g/mol. The number of fused-ring (bicyclic) bond motifs is 1. The maximum Gasteiger partial charge on any atom is 0.252 e. The molecule has 0 aliphatic carbocycles. The number of H-pyrrole nitrogens is 1. The molecule has 1 fully saturated rings. The van der Waals surface area contributed by atoms with Crippen LogP contribution in [-0.2, 0) is 22.4 Å². The van der Waals surface area contributed by atoms with Gasteiger partial charge in [0.05, 0.1) is 31.9 Å². The molecule has 0 spiro atoms. The summed E-state index contributed by atoms with van der Waals surface area (Å²) in [7, 11) is 0. The third-order valence-corrected chi connectivity index (χ3v) is 5.02. The van der Waals surface area contributed by atoms with Gasteiger partial charge in [-0.2, -0.15) is 0 Å². The summed E-state index contributed by atoms with van der Waals surface area (Å²) >= 11 is 0. The molecule has 1 amide bonds. The number of hydrogen-bond donors (Lipinski definition) is 1. The Morgan fingerprint density at radius 2 is 2.11 bits per heavy atom. The first-order valence-electron chi connectivity index (χ1n) is 9.63. The SMILES string of the molecule is CCOc1cccc2c1CCN2C(=O)Cc1nc(N2CCOCC2)cc(=O)[nH]1. The van der Waals surface area contributed by atoms with Gasteiger partial charge in [-0.1, -0.05) is 6.07 Å². The summed E-state index contributed by atoms with van der Waals surface area (Å²) < 4.78 is 11.0. The Morgan fingerprint density at radius 3 is 2.89 bits per heavy atom. The van der Waals surface area contributed by atoms with Crippen LogP contribution in [0.1, 0.15) is 18.3 Å². The maximum atomic E-state index is 12.9. The summed E-state index contributed by atoms with van der Waals surface area (Å²) in [4.78, 5) is 36.0. The molecular weight excluding hydrogens is 360 g/mol. The van der Waals surface area contributed by atoms with Crippen molar-refractivity contribution in [2.75, 3.05) is 49.3 Å². The van der Waals surface area contributed by atoms with E-state index in [9.17, 15) is 9.59 Å². The maximum absolute atomic E-state index is 12.9. The highest BCUT2D eigenvalue weighted by Crippen LogP contribution is 2.35. The van der Waals surface area contributed by atoms with Gasteiger partial charge in [-0.15, -0.1) is 0 Å². The number of amides is 1. The van der Waals surface area contributed by atoms with Crippen LogP contribution in [0.3, 0.4) is 0 Å². The Hall–Kier alpha value is -2.87. The highest BCUT2D eigenvalue weighted by atomic mass is 16.5. The van der Waals surface area contributed by atoms with Crippen LogP contribution in [-0.4, -0.2) is 55.3 Å². The number of rotatable bonds is 5. The topological polar surface area (TPSA) is 87.8 Å². The number of nitrogens with zero attached hydrogens (tertiary/aromatic N) is 3. The molecule has 4 rings (SSSR count). The monoisotopic (exact) mass is 384 g/mol. The molecule has 8 heteroatoms. The van der Waals surface area contributed by atoms with Gasteiger partial charge < -0.3 is 24.3 Å². The molecule has 8 nitrogen and oxygen atoms in total. The molecular formula is C20H24N4O4. The van der Waals surface area contributed by atoms with E-state index in [0.29, 0.717) is 51.1 Å². The summed E-state index contributed by atoms with van der Waals surface area (Å²) in [5, 5.41) is 0. The molecule has 1 saturated heterocycles. The molecule has 0 radical (unpaired) electrons. The highest BCUT2D eigenvalue weighted by molar-refractivity contribution is 5.96. The van der Waals surface area contributed by atoms with Gasteiger partial charge in [0.25, 0.3) is 5.56 Å². The molecule has 1 N–H and O–H groups in total. The number of anilines is 2. The number of carbonyl (C=O) groups excluding carboxylic acids is 1. The molecule has 1 aromatic heterocycles. The number of benzene rings is 1. The summed E-state index contributed by atoms with van der Waals surface area (Å²) in [6.45, 7) is 5.72. The molecule has 0 atom stereocenters. The first-order chi connectivity index (χ1) is 13.7. The van der Waals surface area contributed by atoms with Crippen LogP contribution in [0.25, 0.3) is 0 Å². The summed E-state index contributed by atoms with van der Waals surface area (Å²) in [6, 6.07) is 7.23. The zero-order valence-electron chi connectivity index (χ0n) is 15.9. The Morgan fingerprint density at radius 1 is 1.29 bits per heavy atom. The molecule has 0 unspecified atom stereocenters. The quantitative estimate of drug-likeness (QED) is 0.832. The lowest BCUT2D eigenvalue weighted by atomic mass is 10.1. The first kappa shape index (κ1) is 18.5. The molecule has 2 aliphatic rings. The first-order valence-corrected chi connectivity index (χ1v) is 9.63. The fourth-order valence-electron chi connectivity index (χ4n) is 3.72. The van der Waals surface area contributed by atoms with Crippen molar-refractivity contribution < 1.29 is 14.3 Å². The second-order valence-electron chi connectivity index (χ2n) is 6.81. The van der Waals surface area contributed by atoms with Gasteiger partial charge in [0.1, 0.15) is 17.4 Å². The molecule has 1 aromatic carbocycles. The highest BCUT2D eigenvalue weighted by Gasteiger charge is 2.27. The largest absolute Gasteiger partial charge is 0.494 e. The van der Waals surface area contributed by atoms with Crippen molar-refractivity contribution in [3.63, 3.8) is 0 Å². The van der Waals surface area contributed by atoms with Crippen molar-refractivity contribution in [2.45, 2.75) is 19.8 Å². The molecule has 2 aromatic rings. The summed E-state index contributed by atoms with van der Waals surface area (Å²) in [5.41, 5.74) is 1.68. The predicted molar refractivity (Wildman–Crippen MR) is 105 cm³/mol. The van der Waals surface area contributed by atoms with E-state index >= 15 is 0 Å². The van der Waals surface area contributed by atoms with Crippen LogP contribution in [0, 0.1) is 0 Å². The van der Waals surface area contributed by atoms with Gasteiger partial charge >= 0.3 is 0 Å². The zero-order valence-corrected chi connectivity index (χ0v) is 15.9. The van der Waals surface area contributed by atoms with Gasteiger partial charge in [-0.05, 0) is 25.5 Å². The van der Waals surface area contributed by atoms with Crippen LogP contribution in [0.5, 0.6) is 5.75 Å². The molecule has 2 aliphatic heterocycles. The average Bonchev–Trinajstić information content (AvgIpc) is 3.14. The van der Waals surface area contributed by atoms with Crippen LogP contribution < -0.4 is 20.1 Å². The lowest BCUT2D eigenvalue weighted by molar-refractivity contribution is -0.118. The van der Waals surface area contributed by atoms with E-state index in [1.807, 2.05) is 30.0 Å². The Bertz CT molecular complexity index is 921. The van der Waals surface area contributed by atoms with Crippen molar-refractivity contribution >= 4 is 17.4 Å². The third kappa shape index (κ3) is 3.73. The van der Waals surface area contributed by atoms with E-state index < -0.39 is 0 Å². The van der Waals surface area contributed by atoms with Crippen molar-refractivity contribution in [1.82, 2.24) is 9.97 Å². The van der Waals surface area contributed by atoms with Gasteiger partial charge in [0.15, 0.2) is 0 Å². The number of ether oxygens (including phenoxy) is 2. The number of nitrogens with one attached hydrogen (secondary N) is 1. The van der Waals surface area contributed by atoms with Crippen LogP contribution >= 0.6 is 0 Å². The lowest BCUT2D eigenvalue weighted by Crippen LogP contribution is -2.38. The van der Waals surface area contributed by atoms with Gasteiger partial charge in [0.2, 0.25) is 5.91 Å². The van der Waals surface area contributed by atoms with Crippen molar-refractivity contribution in [1.29, 1.82) is 0 Å². The van der Waals surface area contributed by atoms with E-state index in [-0.39, 0.29) is 17.9 Å². The number of aromatic nitrogens is 2. The fourth-order valence-corrected chi connectivity index (χ4v) is 3.72. The Balaban J connectivity index is 1.53. The number of hydrogen-bond acceptors (Lipinski definition) is 6. The summed E-state index contributed by atoms with van der Waals surface area (Å²) in [5.74, 6) is 1.72. The van der Waals surface area contributed by atoms with E-state index in [0.717, 1.165) is 23.4 Å². The van der Waals surface area contributed by atoms with Crippen molar-refractivity contribution in [3.05, 3.63) is 46.0 Å². The Kier molecular flexibility index (Phi) is 5.29.